The first-order valence-electron chi connectivity index (χ1n) is 5.70. The molecule has 0 heterocycles. The van der Waals surface area contributed by atoms with Gasteiger partial charge in [0, 0.05) is 15.7 Å². The smallest absolute Gasteiger partial charge is 0.193 e. The lowest BCUT2D eigenvalue weighted by Gasteiger charge is -2.04. The lowest BCUT2D eigenvalue weighted by molar-refractivity contribution is 0.104. The van der Waals surface area contributed by atoms with E-state index in [0.29, 0.717) is 0 Å². The van der Waals surface area contributed by atoms with E-state index in [0.717, 1.165) is 21.3 Å². The first-order chi connectivity index (χ1) is 9.47. The van der Waals surface area contributed by atoms with Crippen LogP contribution >= 0.6 is 22.6 Å². The van der Waals surface area contributed by atoms with Gasteiger partial charge in [0.05, 0.1) is 0 Å². The van der Waals surface area contributed by atoms with Crippen LogP contribution in [-0.4, -0.2) is 21.1 Å². The Balaban J connectivity index is 2.26. The SMILES string of the molecule is O=C(/C=C/c1ccc(I)cc1)c1c(O)cc(O)cc1O. The van der Waals surface area contributed by atoms with E-state index in [2.05, 4.69) is 22.6 Å². The second-order valence-corrected chi connectivity index (χ2v) is 5.35. The van der Waals surface area contributed by atoms with Crippen molar-refractivity contribution in [2.45, 2.75) is 0 Å². The summed E-state index contributed by atoms with van der Waals surface area (Å²) in [6.07, 6.45) is 2.85. The second-order valence-electron chi connectivity index (χ2n) is 4.11. The third-order valence-corrected chi connectivity index (χ3v) is 3.34. The summed E-state index contributed by atoms with van der Waals surface area (Å²) in [5, 5.41) is 28.4. The average Bonchev–Trinajstić information content (AvgIpc) is 2.37. The number of phenols is 3. The number of ketones is 1. The third kappa shape index (κ3) is 3.30. The predicted octanol–water partition coefficient (Wildman–Crippen LogP) is 3.30. The maximum Gasteiger partial charge on any atom is 0.193 e. The van der Waals surface area contributed by atoms with Crippen LogP contribution in [0.2, 0.25) is 0 Å². The zero-order valence-corrected chi connectivity index (χ0v) is 12.4. The molecular formula is C15H11IO4. The monoisotopic (exact) mass is 382 g/mol. The quantitative estimate of drug-likeness (QED) is 0.433. The van der Waals surface area contributed by atoms with Gasteiger partial charge in [0.25, 0.3) is 0 Å². The number of benzene rings is 2. The Bertz CT molecular complexity index is 652. The van der Waals surface area contributed by atoms with Crippen molar-refractivity contribution < 1.29 is 20.1 Å². The summed E-state index contributed by atoms with van der Waals surface area (Å²) in [6.45, 7) is 0. The molecule has 2 rings (SSSR count). The van der Waals surface area contributed by atoms with Crippen LogP contribution in [0.1, 0.15) is 15.9 Å². The van der Waals surface area contributed by atoms with Crippen LogP contribution in [0.25, 0.3) is 6.08 Å². The Morgan fingerprint density at radius 3 is 2.10 bits per heavy atom. The highest BCUT2D eigenvalue weighted by Crippen LogP contribution is 2.32. The van der Waals surface area contributed by atoms with Crippen LogP contribution < -0.4 is 0 Å². The van der Waals surface area contributed by atoms with Crippen LogP contribution in [-0.2, 0) is 0 Å². The molecule has 0 bridgehead atoms. The van der Waals surface area contributed by atoms with Gasteiger partial charge in [-0.1, -0.05) is 18.2 Å². The molecule has 0 saturated carbocycles. The van der Waals surface area contributed by atoms with Crippen LogP contribution in [0.5, 0.6) is 17.2 Å². The normalized spacial score (nSPS) is 10.8. The van der Waals surface area contributed by atoms with Gasteiger partial charge in [0.1, 0.15) is 22.8 Å². The third-order valence-electron chi connectivity index (χ3n) is 2.63. The Morgan fingerprint density at radius 2 is 1.55 bits per heavy atom. The Hall–Kier alpha value is -2.02. The molecule has 0 aromatic heterocycles. The van der Waals surface area contributed by atoms with Crippen molar-refractivity contribution >= 4 is 34.5 Å². The highest BCUT2D eigenvalue weighted by Gasteiger charge is 2.15. The number of halogens is 1. The average molecular weight is 382 g/mol. The van der Waals surface area contributed by atoms with Crippen molar-refractivity contribution in [1.82, 2.24) is 0 Å². The van der Waals surface area contributed by atoms with Crippen molar-refractivity contribution in [2.24, 2.45) is 0 Å². The number of carbonyl (C=O) groups is 1. The van der Waals surface area contributed by atoms with Gasteiger partial charge in [-0.2, -0.15) is 0 Å². The van der Waals surface area contributed by atoms with E-state index in [1.807, 2.05) is 24.3 Å². The van der Waals surface area contributed by atoms with Gasteiger partial charge in [0.15, 0.2) is 5.78 Å². The van der Waals surface area contributed by atoms with E-state index < -0.39 is 17.3 Å². The zero-order valence-electron chi connectivity index (χ0n) is 10.2. The summed E-state index contributed by atoms with van der Waals surface area (Å²) in [7, 11) is 0. The topological polar surface area (TPSA) is 77.8 Å². The molecule has 0 aliphatic carbocycles. The molecule has 0 fully saturated rings. The first kappa shape index (κ1) is 14.4. The molecule has 0 amide bonds. The number of phenolic OH excluding ortho intramolecular Hbond substituents is 3. The molecule has 0 aliphatic heterocycles. The lowest BCUT2D eigenvalue weighted by atomic mass is 10.1. The number of rotatable bonds is 3. The molecule has 0 radical (unpaired) electrons. The van der Waals surface area contributed by atoms with E-state index in [4.69, 9.17) is 0 Å². The first-order valence-corrected chi connectivity index (χ1v) is 6.78. The molecule has 0 unspecified atom stereocenters. The van der Waals surface area contributed by atoms with Crippen LogP contribution in [0, 0.1) is 3.57 Å². The maximum absolute atomic E-state index is 11.9. The molecule has 0 saturated heterocycles. The Morgan fingerprint density at radius 1 is 1.00 bits per heavy atom. The standard InChI is InChI=1S/C15H11IO4/c16-10-4-1-9(2-5-10)3-6-12(18)15-13(19)7-11(17)8-14(15)20/h1-8,17,19-20H/b6-3+. The second kappa shape index (κ2) is 5.96. The van der Waals surface area contributed by atoms with Gasteiger partial charge in [-0.05, 0) is 46.4 Å². The molecule has 4 nitrogen and oxygen atoms in total. The lowest BCUT2D eigenvalue weighted by Crippen LogP contribution is -1.95. The molecular weight excluding hydrogens is 371 g/mol. The number of allylic oxidation sites excluding steroid dienone is 1. The zero-order chi connectivity index (χ0) is 14.7. The molecule has 2 aromatic carbocycles. The van der Waals surface area contributed by atoms with Gasteiger partial charge < -0.3 is 15.3 Å². The number of carbonyl (C=O) groups excluding carboxylic acids is 1. The van der Waals surface area contributed by atoms with Crippen LogP contribution in [0.15, 0.2) is 42.5 Å². The van der Waals surface area contributed by atoms with E-state index in [1.54, 1.807) is 6.08 Å². The van der Waals surface area contributed by atoms with Crippen molar-refractivity contribution in [3.05, 3.63) is 57.2 Å². The van der Waals surface area contributed by atoms with Gasteiger partial charge >= 0.3 is 0 Å². The minimum atomic E-state index is -0.543. The minimum Gasteiger partial charge on any atom is -0.508 e. The molecule has 3 N–H and O–H groups in total. The van der Waals surface area contributed by atoms with Gasteiger partial charge in [0.2, 0.25) is 0 Å². The number of hydrogen-bond donors (Lipinski definition) is 3. The van der Waals surface area contributed by atoms with Crippen LogP contribution in [0.4, 0.5) is 0 Å². The number of hydrogen-bond acceptors (Lipinski definition) is 4. The fourth-order valence-corrected chi connectivity index (χ4v) is 2.04. The fraction of sp³-hybridized carbons (Fsp3) is 0. The van der Waals surface area contributed by atoms with E-state index in [9.17, 15) is 20.1 Å². The molecule has 20 heavy (non-hydrogen) atoms. The maximum atomic E-state index is 11.9. The summed E-state index contributed by atoms with van der Waals surface area (Å²) in [4.78, 5) is 11.9. The largest absolute Gasteiger partial charge is 0.508 e. The fourth-order valence-electron chi connectivity index (χ4n) is 1.68. The number of aromatic hydroxyl groups is 3. The Labute approximate surface area is 129 Å². The van der Waals surface area contributed by atoms with Crippen molar-refractivity contribution in [2.75, 3.05) is 0 Å². The summed E-state index contributed by atoms with van der Waals surface area (Å²) in [5.74, 6) is -1.77. The summed E-state index contributed by atoms with van der Waals surface area (Å²) in [6, 6.07) is 9.52. The minimum absolute atomic E-state index is 0.232. The van der Waals surface area contributed by atoms with Crippen molar-refractivity contribution in [1.29, 1.82) is 0 Å². The van der Waals surface area contributed by atoms with Gasteiger partial charge in [-0.15, -0.1) is 0 Å². The summed E-state index contributed by atoms with van der Waals surface area (Å²) < 4.78 is 1.08. The highest BCUT2D eigenvalue weighted by atomic mass is 127. The van der Waals surface area contributed by atoms with Crippen molar-refractivity contribution in [3.63, 3.8) is 0 Å². The van der Waals surface area contributed by atoms with E-state index in [-0.39, 0.29) is 11.3 Å². The van der Waals surface area contributed by atoms with Gasteiger partial charge in [-0.3, -0.25) is 4.79 Å². The Kier molecular flexibility index (Phi) is 4.29. The van der Waals surface area contributed by atoms with Gasteiger partial charge in [-0.25, -0.2) is 0 Å². The van der Waals surface area contributed by atoms with Crippen molar-refractivity contribution in [3.8, 4) is 17.2 Å². The van der Waals surface area contributed by atoms with Crippen LogP contribution in [0.3, 0.4) is 0 Å². The molecule has 2 aromatic rings. The molecule has 0 atom stereocenters. The summed E-state index contributed by atoms with van der Waals surface area (Å²) >= 11 is 2.18. The molecule has 0 aliphatic rings. The molecule has 5 heteroatoms. The highest BCUT2D eigenvalue weighted by molar-refractivity contribution is 14.1. The van der Waals surface area contributed by atoms with E-state index >= 15 is 0 Å². The molecule has 0 spiro atoms. The van der Waals surface area contributed by atoms with E-state index in [1.165, 1.54) is 6.08 Å². The summed E-state index contributed by atoms with van der Waals surface area (Å²) in [5.41, 5.74) is 0.598. The molecule has 102 valence electrons. The predicted molar refractivity (Wildman–Crippen MR) is 84.0 cm³/mol.